The summed E-state index contributed by atoms with van der Waals surface area (Å²) >= 11 is 1.38. The molecule has 0 bridgehead atoms. The van der Waals surface area contributed by atoms with Gasteiger partial charge < -0.3 is 10.1 Å². The van der Waals surface area contributed by atoms with Crippen LogP contribution in [0.1, 0.15) is 26.4 Å². The summed E-state index contributed by atoms with van der Waals surface area (Å²) in [6.45, 7) is -0.440. The summed E-state index contributed by atoms with van der Waals surface area (Å²) in [6, 6.07) is 16.5. The van der Waals surface area contributed by atoms with Gasteiger partial charge in [0.1, 0.15) is 4.88 Å². The van der Waals surface area contributed by atoms with Crippen molar-refractivity contribution >= 4 is 33.2 Å². The Balaban J connectivity index is 1.37. The Kier molecular flexibility index (Phi) is 6.64. The maximum atomic E-state index is 12.5. The van der Waals surface area contributed by atoms with E-state index in [1.807, 2.05) is 18.2 Å². The van der Waals surface area contributed by atoms with Gasteiger partial charge in [0, 0.05) is 25.5 Å². The fraction of sp³-hybridized carbons (Fsp3) is 0.250. The lowest BCUT2D eigenvalue weighted by atomic mass is 9.91. The first-order valence-corrected chi connectivity index (χ1v) is 12.7. The fourth-order valence-electron chi connectivity index (χ4n) is 3.72. The van der Waals surface area contributed by atoms with Crippen molar-refractivity contribution in [3.63, 3.8) is 0 Å². The largest absolute Gasteiger partial charge is 0.451 e. The van der Waals surface area contributed by atoms with E-state index in [4.69, 9.17) is 4.74 Å². The van der Waals surface area contributed by atoms with E-state index >= 15 is 0 Å². The molecule has 1 N–H and O–H groups in total. The zero-order valence-corrected chi connectivity index (χ0v) is 20.0. The van der Waals surface area contributed by atoms with Gasteiger partial charge in [0.2, 0.25) is 10.0 Å². The molecule has 33 heavy (non-hydrogen) atoms. The molecule has 0 radical (unpaired) electrons. The number of carbonyl (C=O) groups is 2. The van der Waals surface area contributed by atoms with Gasteiger partial charge in [0.05, 0.1) is 4.90 Å². The molecule has 1 amide bonds. The molecule has 0 atom stereocenters. The molecule has 0 saturated heterocycles. The van der Waals surface area contributed by atoms with Crippen LogP contribution in [0.4, 0.5) is 0 Å². The van der Waals surface area contributed by atoms with E-state index < -0.39 is 28.5 Å². The van der Waals surface area contributed by atoms with Gasteiger partial charge in [-0.3, -0.25) is 4.79 Å². The van der Waals surface area contributed by atoms with Crippen molar-refractivity contribution in [2.24, 2.45) is 0 Å². The molecule has 2 aromatic carbocycles. The summed E-state index contributed by atoms with van der Waals surface area (Å²) < 4.78 is 31.3. The highest BCUT2D eigenvalue weighted by Gasteiger charge is 2.23. The standard InChI is InChI=1S/C24H24N2O5S2/c1-26(2)33(29,30)21-10-6-4-8-18(21)14-25-22(27)15-31-24(28)20-13-17-12-11-16-7-3-5-9-19(16)23(17)32-20/h3-10,13H,11-12,14-15H2,1-2H3,(H,25,27). The monoisotopic (exact) mass is 484 g/mol. The van der Waals surface area contributed by atoms with Crippen molar-refractivity contribution in [3.8, 4) is 10.4 Å². The molecular formula is C24H24N2O5S2. The number of fused-ring (bicyclic) bond motifs is 3. The molecule has 1 aliphatic rings. The number of benzene rings is 2. The maximum Gasteiger partial charge on any atom is 0.348 e. The topological polar surface area (TPSA) is 92.8 Å². The molecular weight excluding hydrogens is 460 g/mol. The van der Waals surface area contributed by atoms with Gasteiger partial charge in [-0.25, -0.2) is 17.5 Å². The van der Waals surface area contributed by atoms with E-state index in [1.54, 1.807) is 18.2 Å². The van der Waals surface area contributed by atoms with Gasteiger partial charge in [-0.1, -0.05) is 42.5 Å². The van der Waals surface area contributed by atoms with Crippen LogP contribution in [0.2, 0.25) is 0 Å². The Morgan fingerprint density at radius 1 is 1.03 bits per heavy atom. The lowest BCUT2D eigenvalue weighted by molar-refractivity contribution is -0.124. The molecule has 3 aromatic rings. The van der Waals surface area contributed by atoms with E-state index in [0.29, 0.717) is 10.4 Å². The Morgan fingerprint density at radius 2 is 1.73 bits per heavy atom. The average molecular weight is 485 g/mol. The third kappa shape index (κ3) is 4.85. The van der Waals surface area contributed by atoms with Crippen LogP contribution in [-0.2, 0) is 38.9 Å². The summed E-state index contributed by atoms with van der Waals surface area (Å²) in [5.74, 6) is -1.05. The number of rotatable bonds is 7. The van der Waals surface area contributed by atoms with Crippen LogP contribution in [-0.4, -0.2) is 45.3 Å². The van der Waals surface area contributed by atoms with Crippen LogP contribution < -0.4 is 5.32 Å². The number of carbonyl (C=O) groups excluding carboxylic acids is 2. The number of sulfonamides is 1. The van der Waals surface area contributed by atoms with Crippen molar-refractivity contribution in [3.05, 3.63) is 76.2 Å². The average Bonchev–Trinajstić information content (AvgIpc) is 3.26. The Morgan fingerprint density at radius 3 is 2.52 bits per heavy atom. The first kappa shape index (κ1) is 23.2. The normalized spacial score (nSPS) is 12.7. The molecule has 1 aromatic heterocycles. The van der Waals surface area contributed by atoms with Crippen molar-refractivity contribution in [1.29, 1.82) is 0 Å². The first-order valence-electron chi connectivity index (χ1n) is 10.4. The number of thiophene rings is 1. The number of hydrogen-bond acceptors (Lipinski definition) is 6. The van der Waals surface area contributed by atoms with Gasteiger partial charge in [0.15, 0.2) is 6.61 Å². The smallest absolute Gasteiger partial charge is 0.348 e. The lowest BCUT2D eigenvalue weighted by Gasteiger charge is -2.15. The number of esters is 1. The first-order chi connectivity index (χ1) is 15.8. The molecule has 0 fully saturated rings. The summed E-state index contributed by atoms with van der Waals surface area (Å²) in [6.07, 6.45) is 1.80. The highest BCUT2D eigenvalue weighted by Crippen LogP contribution is 2.39. The van der Waals surface area contributed by atoms with Gasteiger partial charge in [-0.05, 0) is 47.2 Å². The van der Waals surface area contributed by atoms with E-state index in [9.17, 15) is 18.0 Å². The highest BCUT2D eigenvalue weighted by molar-refractivity contribution is 7.89. The minimum absolute atomic E-state index is 0.00368. The molecule has 172 valence electrons. The Bertz CT molecular complexity index is 1310. The quantitative estimate of drug-likeness (QED) is 0.520. The van der Waals surface area contributed by atoms with Gasteiger partial charge in [0.25, 0.3) is 5.91 Å². The third-order valence-corrected chi connectivity index (χ3v) is 8.58. The minimum Gasteiger partial charge on any atom is -0.451 e. The molecule has 0 spiro atoms. The Labute approximate surface area is 197 Å². The highest BCUT2D eigenvalue weighted by atomic mass is 32.2. The maximum absolute atomic E-state index is 12.5. The molecule has 0 saturated carbocycles. The van der Waals surface area contributed by atoms with Crippen LogP contribution in [0.25, 0.3) is 10.4 Å². The van der Waals surface area contributed by atoms with Gasteiger partial charge in [-0.2, -0.15) is 0 Å². The Hall–Kier alpha value is -3.01. The van der Waals surface area contributed by atoms with Crippen LogP contribution in [0.15, 0.2) is 59.5 Å². The predicted molar refractivity (Wildman–Crippen MR) is 127 cm³/mol. The zero-order chi connectivity index (χ0) is 23.6. The van der Waals surface area contributed by atoms with Gasteiger partial charge >= 0.3 is 5.97 Å². The molecule has 0 unspecified atom stereocenters. The van der Waals surface area contributed by atoms with Crippen molar-refractivity contribution in [1.82, 2.24) is 9.62 Å². The number of amides is 1. The van der Waals surface area contributed by atoms with Crippen LogP contribution in [0.3, 0.4) is 0 Å². The minimum atomic E-state index is -3.64. The van der Waals surface area contributed by atoms with E-state index in [0.717, 1.165) is 33.2 Å². The van der Waals surface area contributed by atoms with Gasteiger partial charge in [-0.15, -0.1) is 11.3 Å². The molecule has 7 nitrogen and oxygen atoms in total. The number of nitrogens with zero attached hydrogens (tertiary/aromatic N) is 1. The number of ether oxygens (including phenoxy) is 1. The molecule has 9 heteroatoms. The summed E-state index contributed by atoms with van der Waals surface area (Å²) in [5, 5.41) is 2.62. The predicted octanol–water partition coefficient (Wildman–Crippen LogP) is 3.24. The second-order valence-electron chi connectivity index (χ2n) is 7.87. The molecule has 0 aliphatic heterocycles. The van der Waals surface area contributed by atoms with E-state index in [2.05, 4.69) is 17.4 Å². The van der Waals surface area contributed by atoms with E-state index in [1.165, 1.54) is 37.1 Å². The van der Waals surface area contributed by atoms with Crippen LogP contribution in [0.5, 0.6) is 0 Å². The third-order valence-electron chi connectivity index (χ3n) is 5.48. The number of hydrogen-bond donors (Lipinski definition) is 1. The van der Waals surface area contributed by atoms with Crippen LogP contribution >= 0.6 is 11.3 Å². The number of nitrogens with one attached hydrogen (secondary N) is 1. The second kappa shape index (κ2) is 9.46. The van der Waals surface area contributed by atoms with Crippen molar-refractivity contribution < 1.29 is 22.7 Å². The molecule has 4 rings (SSSR count). The molecule has 1 heterocycles. The zero-order valence-electron chi connectivity index (χ0n) is 18.3. The summed E-state index contributed by atoms with van der Waals surface area (Å²) in [7, 11) is -0.743. The number of aryl methyl sites for hydroxylation is 2. The molecule has 1 aliphatic carbocycles. The van der Waals surface area contributed by atoms with Crippen molar-refractivity contribution in [2.75, 3.05) is 20.7 Å². The summed E-state index contributed by atoms with van der Waals surface area (Å²) in [4.78, 5) is 26.5. The summed E-state index contributed by atoms with van der Waals surface area (Å²) in [5.41, 5.74) is 3.99. The van der Waals surface area contributed by atoms with Crippen molar-refractivity contribution in [2.45, 2.75) is 24.3 Å². The second-order valence-corrected chi connectivity index (χ2v) is 11.0. The lowest BCUT2D eigenvalue weighted by Crippen LogP contribution is -2.30. The SMILES string of the molecule is CN(C)S(=O)(=O)c1ccccc1CNC(=O)COC(=O)c1cc2c(s1)-c1ccccc1CC2. The van der Waals surface area contributed by atoms with E-state index in [-0.39, 0.29) is 11.4 Å². The van der Waals surface area contributed by atoms with Crippen LogP contribution in [0, 0.1) is 0 Å². The fourth-order valence-corrected chi connectivity index (χ4v) is 6.00.